The van der Waals surface area contributed by atoms with Gasteiger partial charge in [0.1, 0.15) is 0 Å². The predicted molar refractivity (Wildman–Crippen MR) is 91.2 cm³/mol. The van der Waals surface area contributed by atoms with Crippen molar-refractivity contribution >= 4 is 5.91 Å². The maximum Gasteiger partial charge on any atom is 0.251 e. The number of nitrogens with one attached hydrogen (secondary N) is 1. The van der Waals surface area contributed by atoms with Crippen molar-refractivity contribution in [2.75, 3.05) is 39.8 Å². The average molecular weight is 303 g/mol. The van der Waals surface area contributed by atoms with E-state index < -0.39 is 0 Å². The van der Waals surface area contributed by atoms with Crippen molar-refractivity contribution in [3.05, 3.63) is 35.4 Å². The Kier molecular flexibility index (Phi) is 5.98. The zero-order valence-corrected chi connectivity index (χ0v) is 14.3. The largest absolute Gasteiger partial charge is 0.350 e. The lowest BCUT2D eigenvalue weighted by Gasteiger charge is -2.39. The third-order valence-corrected chi connectivity index (χ3v) is 4.53. The maximum atomic E-state index is 12.3. The molecule has 0 radical (unpaired) electrons. The van der Waals surface area contributed by atoms with Gasteiger partial charge in [0.05, 0.1) is 0 Å². The average Bonchev–Trinajstić information content (AvgIpc) is 2.48. The molecule has 1 aromatic carbocycles. The number of likely N-dealkylation sites (N-methyl/N-ethyl adjacent to an activating group) is 1. The zero-order valence-electron chi connectivity index (χ0n) is 14.3. The number of amides is 1. The first-order chi connectivity index (χ1) is 10.5. The summed E-state index contributed by atoms with van der Waals surface area (Å²) in [5, 5.41) is 3.12. The molecule has 4 heteroatoms. The van der Waals surface area contributed by atoms with Crippen molar-refractivity contribution in [3.63, 3.8) is 0 Å². The maximum absolute atomic E-state index is 12.3. The molecule has 1 saturated heterocycles. The fourth-order valence-corrected chi connectivity index (χ4v) is 3.03. The summed E-state index contributed by atoms with van der Waals surface area (Å²) in [5.74, 6) is 0.560. The van der Waals surface area contributed by atoms with Crippen molar-refractivity contribution in [1.29, 1.82) is 0 Å². The Bertz CT molecular complexity index is 493. The molecule has 0 bridgehead atoms. The Morgan fingerprint density at radius 1 is 1.23 bits per heavy atom. The van der Waals surface area contributed by atoms with Crippen LogP contribution in [0.2, 0.25) is 0 Å². The van der Waals surface area contributed by atoms with E-state index in [9.17, 15) is 4.79 Å². The minimum absolute atomic E-state index is 0.0310. The van der Waals surface area contributed by atoms with Gasteiger partial charge in [-0.1, -0.05) is 31.5 Å². The number of nitrogens with zero attached hydrogens (tertiary/aromatic N) is 2. The summed E-state index contributed by atoms with van der Waals surface area (Å²) >= 11 is 0. The molecule has 1 amide bonds. The van der Waals surface area contributed by atoms with Crippen LogP contribution in [-0.4, -0.2) is 61.5 Å². The first kappa shape index (κ1) is 17.0. The van der Waals surface area contributed by atoms with Crippen LogP contribution in [0.4, 0.5) is 0 Å². The molecule has 1 heterocycles. The van der Waals surface area contributed by atoms with Crippen LogP contribution in [-0.2, 0) is 0 Å². The summed E-state index contributed by atoms with van der Waals surface area (Å²) in [7, 11) is 2.17. The Hall–Kier alpha value is -1.39. The number of rotatable bonds is 5. The minimum Gasteiger partial charge on any atom is -0.350 e. The minimum atomic E-state index is 0.0310. The van der Waals surface area contributed by atoms with Gasteiger partial charge in [0.25, 0.3) is 5.91 Å². The van der Waals surface area contributed by atoms with Crippen molar-refractivity contribution in [1.82, 2.24) is 15.1 Å². The van der Waals surface area contributed by atoms with Crippen LogP contribution >= 0.6 is 0 Å². The number of benzene rings is 1. The second-order valence-electron chi connectivity index (χ2n) is 6.73. The molecule has 0 saturated carbocycles. The zero-order chi connectivity index (χ0) is 16.1. The van der Waals surface area contributed by atoms with Gasteiger partial charge in [0.2, 0.25) is 0 Å². The first-order valence-corrected chi connectivity index (χ1v) is 8.25. The number of hydrogen-bond acceptors (Lipinski definition) is 3. The normalized spacial score (nSPS) is 18.4. The predicted octanol–water partition coefficient (Wildman–Crippen LogP) is 2.00. The number of hydrogen-bond donors (Lipinski definition) is 1. The third-order valence-electron chi connectivity index (χ3n) is 4.53. The second-order valence-corrected chi connectivity index (χ2v) is 6.73. The Balaban J connectivity index is 1.93. The molecule has 122 valence electrons. The molecule has 4 nitrogen and oxygen atoms in total. The van der Waals surface area contributed by atoms with E-state index >= 15 is 0 Å². The highest BCUT2D eigenvalue weighted by molar-refractivity contribution is 5.94. The smallest absolute Gasteiger partial charge is 0.251 e. The highest BCUT2D eigenvalue weighted by Crippen LogP contribution is 2.13. The number of carbonyl (C=O) groups excluding carboxylic acids is 1. The van der Waals surface area contributed by atoms with Crippen LogP contribution in [0.25, 0.3) is 0 Å². The molecule has 1 aliphatic heterocycles. The van der Waals surface area contributed by atoms with Gasteiger partial charge < -0.3 is 10.2 Å². The molecule has 1 fully saturated rings. The second kappa shape index (κ2) is 7.75. The summed E-state index contributed by atoms with van der Waals surface area (Å²) in [6, 6.07) is 8.17. The lowest BCUT2D eigenvalue weighted by molar-refractivity contribution is 0.0791. The van der Waals surface area contributed by atoms with Crippen LogP contribution in [0.1, 0.15) is 29.8 Å². The first-order valence-electron chi connectivity index (χ1n) is 8.25. The van der Waals surface area contributed by atoms with Gasteiger partial charge in [-0.25, -0.2) is 0 Å². The van der Waals surface area contributed by atoms with Gasteiger partial charge in [-0.2, -0.15) is 0 Å². The van der Waals surface area contributed by atoms with E-state index in [2.05, 4.69) is 36.0 Å². The molecule has 1 N–H and O–H groups in total. The SMILES string of the molecule is Cc1cccc(C(=O)NCC(C(C)C)N2CCN(C)CC2)c1. The van der Waals surface area contributed by atoms with Crippen LogP contribution in [0.15, 0.2) is 24.3 Å². The lowest BCUT2D eigenvalue weighted by Crippen LogP contribution is -2.54. The van der Waals surface area contributed by atoms with Crippen molar-refractivity contribution in [3.8, 4) is 0 Å². The third kappa shape index (κ3) is 4.55. The Morgan fingerprint density at radius 2 is 1.91 bits per heavy atom. The highest BCUT2D eigenvalue weighted by Gasteiger charge is 2.25. The summed E-state index contributed by atoms with van der Waals surface area (Å²) in [4.78, 5) is 17.2. The molecule has 1 aliphatic rings. The molecule has 1 aromatic rings. The van der Waals surface area contributed by atoms with Gasteiger partial charge in [-0.3, -0.25) is 9.69 Å². The van der Waals surface area contributed by atoms with E-state index in [0.717, 1.165) is 37.3 Å². The highest BCUT2D eigenvalue weighted by atomic mass is 16.1. The molecule has 1 unspecified atom stereocenters. The lowest BCUT2D eigenvalue weighted by atomic mass is 10.0. The monoisotopic (exact) mass is 303 g/mol. The topological polar surface area (TPSA) is 35.6 Å². The molecule has 2 rings (SSSR count). The molecule has 0 aliphatic carbocycles. The van der Waals surface area contributed by atoms with E-state index in [4.69, 9.17) is 0 Å². The van der Waals surface area contributed by atoms with Crippen molar-refractivity contribution < 1.29 is 4.79 Å². The van der Waals surface area contributed by atoms with Crippen molar-refractivity contribution in [2.24, 2.45) is 5.92 Å². The number of aryl methyl sites for hydroxylation is 1. The summed E-state index contributed by atoms with van der Waals surface area (Å²) in [6.07, 6.45) is 0. The molecule has 0 spiro atoms. The van der Waals surface area contributed by atoms with E-state index in [1.165, 1.54) is 0 Å². The summed E-state index contributed by atoms with van der Waals surface area (Å²) in [5.41, 5.74) is 1.87. The van der Waals surface area contributed by atoms with Crippen LogP contribution in [0.3, 0.4) is 0 Å². The number of carbonyl (C=O) groups is 1. The van der Waals surface area contributed by atoms with Crippen LogP contribution < -0.4 is 5.32 Å². The number of piperazine rings is 1. The van der Waals surface area contributed by atoms with Crippen molar-refractivity contribution in [2.45, 2.75) is 26.8 Å². The Morgan fingerprint density at radius 3 is 2.50 bits per heavy atom. The molecule has 22 heavy (non-hydrogen) atoms. The van der Waals surface area contributed by atoms with E-state index in [1.54, 1.807) is 0 Å². The molecular weight excluding hydrogens is 274 g/mol. The van der Waals surface area contributed by atoms with E-state index in [-0.39, 0.29) is 5.91 Å². The molecule has 1 atom stereocenters. The fraction of sp³-hybridized carbons (Fsp3) is 0.611. The van der Waals surface area contributed by atoms with E-state index in [1.807, 2.05) is 31.2 Å². The quantitative estimate of drug-likeness (QED) is 0.904. The summed E-state index contributed by atoms with van der Waals surface area (Å²) < 4.78 is 0. The van der Waals surface area contributed by atoms with Gasteiger partial charge in [0.15, 0.2) is 0 Å². The fourth-order valence-electron chi connectivity index (χ4n) is 3.03. The van der Waals surface area contributed by atoms with Gasteiger partial charge in [0, 0.05) is 44.3 Å². The van der Waals surface area contributed by atoms with Crippen LogP contribution in [0.5, 0.6) is 0 Å². The van der Waals surface area contributed by atoms with Crippen LogP contribution in [0, 0.1) is 12.8 Å². The molecule has 0 aromatic heterocycles. The summed E-state index contributed by atoms with van der Waals surface area (Å²) in [6.45, 7) is 11.6. The standard InChI is InChI=1S/C18H29N3O/c1-14(2)17(21-10-8-20(4)9-11-21)13-19-18(22)16-7-5-6-15(3)12-16/h5-7,12,14,17H,8-11,13H2,1-4H3,(H,19,22). The van der Waals surface area contributed by atoms with Gasteiger partial charge in [-0.15, -0.1) is 0 Å². The molecular formula is C18H29N3O. The van der Waals surface area contributed by atoms with E-state index in [0.29, 0.717) is 18.5 Å². The van der Waals surface area contributed by atoms with Gasteiger partial charge in [-0.05, 0) is 32.0 Å². The Labute approximate surface area is 134 Å². The van der Waals surface area contributed by atoms with Gasteiger partial charge >= 0.3 is 0 Å².